The Morgan fingerprint density at radius 1 is 0.353 bits per heavy atom. The normalized spacial score (nSPS) is 26.1. The predicted molar refractivity (Wildman–Crippen MR) is 253 cm³/mol. The number of hydrogen-bond donors (Lipinski definition) is 0. The van der Waals surface area contributed by atoms with Gasteiger partial charge in [-0.3, -0.25) is 0 Å². The summed E-state index contributed by atoms with van der Waals surface area (Å²) in [6, 6.07) is 23.5. The Bertz CT molecular complexity index is 3200. The summed E-state index contributed by atoms with van der Waals surface area (Å²) in [6.45, 7) is 11.8. The number of benzene rings is 3. The molecule has 354 valence electrons. The van der Waals surface area contributed by atoms with Crippen LogP contribution in [0.3, 0.4) is 0 Å². The third kappa shape index (κ3) is 5.63. The number of fused-ring (bicyclic) bond motifs is 4. The van der Waals surface area contributed by atoms with E-state index in [0.29, 0.717) is 41.8 Å². The standard InChI is InChI=1S/C52H38F12S4/c1-23-33(27(5)65-41(23)29-15-11-9-12-16-29)37-38(48(55,56)51(61,62)47(37,53)54)34-24(2)42(66-28(34)6)31-19-21-32(22-20-31)44-26(4)36-40-39(49(57,58)52(63,64)50(40,59)60)35-25(3)43(30-17-13-10-14-18-30)67-45(35,7)46(36,8)68-44/h9-22H,1-8H3. The van der Waals surface area contributed by atoms with Crippen LogP contribution < -0.4 is 0 Å². The monoisotopic (exact) mass is 1020 g/mol. The van der Waals surface area contributed by atoms with E-state index in [1.807, 2.05) is 0 Å². The van der Waals surface area contributed by atoms with Gasteiger partial charge in [0.05, 0.1) is 9.49 Å². The number of rotatable bonds is 6. The van der Waals surface area contributed by atoms with Crippen molar-refractivity contribution in [1.82, 2.24) is 0 Å². The lowest BCUT2D eigenvalue weighted by molar-refractivity contribution is -0.258. The number of thioether (sulfide) groups is 2. The summed E-state index contributed by atoms with van der Waals surface area (Å²) in [5, 5.41) is 0. The molecule has 5 aromatic rings. The molecule has 2 unspecified atom stereocenters. The van der Waals surface area contributed by atoms with Gasteiger partial charge >= 0.3 is 35.5 Å². The quantitative estimate of drug-likeness (QED) is 0.156. The van der Waals surface area contributed by atoms with Crippen LogP contribution in [-0.4, -0.2) is 45.0 Å². The fourth-order valence-electron chi connectivity index (χ4n) is 11.0. The molecule has 0 bridgehead atoms. The van der Waals surface area contributed by atoms with E-state index >= 15 is 52.7 Å². The summed E-state index contributed by atoms with van der Waals surface area (Å²) < 4.78 is 190. The van der Waals surface area contributed by atoms with Crippen molar-refractivity contribution in [3.63, 3.8) is 0 Å². The van der Waals surface area contributed by atoms with Gasteiger partial charge in [0.15, 0.2) is 0 Å². The van der Waals surface area contributed by atoms with Crippen molar-refractivity contribution >= 4 is 67.2 Å². The summed E-state index contributed by atoms with van der Waals surface area (Å²) in [5.41, 5.74) is -4.51. The van der Waals surface area contributed by atoms with Gasteiger partial charge in [-0.25, -0.2) is 0 Å². The molecule has 0 nitrogen and oxygen atoms in total. The van der Waals surface area contributed by atoms with E-state index in [1.165, 1.54) is 53.3 Å². The summed E-state index contributed by atoms with van der Waals surface area (Å²) in [5.74, 6) is -32.6. The molecule has 0 saturated heterocycles. The number of alkyl halides is 12. The molecule has 4 heterocycles. The molecule has 0 N–H and O–H groups in total. The van der Waals surface area contributed by atoms with Gasteiger partial charge in [-0.1, -0.05) is 84.9 Å². The van der Waals surface area contributed by atoms with Crippen molar-refractivity contribution in [2.24, 2.45) is 0 Å². The maximum atomic E-state index is 16.3. The van der Waals surface area contributed by atoms with E-state index in [2.05, 4.69) is 0 Å². The first-order valence-corrected chi connectivity index (χ1v) is 24.6. The largest absolute Gasteiger partial charge is 0.380 e. The number of hydrogen-bond acceptors (Lipinski definition) is 4. The van der Waals surface area contributed by atoms with Crippen LogP contribution in [0.4, 0.5) is 52.7 Å². The van der Waals surface area contributed by atoms with Gasteiger partial charge in [-0.15, -0.1) is 46.2 Å². The van der Waals surface area contributed by atoms with Crippen LogP contribution in [0.25, 0.3) is 41.8 Å². The zero-order valence-corrected chi connectivity index (χ0v) is 40.5. The molecule has 2 aromatic heterocycles. The molecule has 68 heavy (non-hydrogen) atoms. The topological polar surface area (TPSA) is 0 Å². The highest BCUT2D eigenvalue weighted by Crippen LogP contribution is 2.77. The van der Waals surface area contributed by atoms with E-state index in [0.717, 1.165) is 34.4 Å². The average Bonchev–Trinajstić information content (AvgIpc) is 3.98. The molecule has 0 spiro atoms. The smallest absolute Gasteiger partial charge is 0.194 e. The molecule has 1 fully saturated rings. The highest BCUT2D eigenvalue weighted by atomic mass is 32.2. The Morgan fingerprint density at radius 2 is 0.647 bits per heavy atom. The lowest BCUT2D eigenvalue weighted by Crippen LogP contribution is -2.49. The minimum absolute atomic E-state index is 0.0468. The molecule has 1 saturated carbocycles. The van der Waals surface area contributed by atoms with E-state index in [9.17, 15) is 0 Å². The molecule has 3 aromatic carbocycles. The predicted octanol–water partition coefficient (Wildman–Crippen LogP) is 17.9. The molecule has 16 heteroatoms. The van der Waals surface area contributed by atoms with Crippen LogP contribution in [0.5, 0.6) is 0 Å². The first-order valence-electron chi connectivity index (χ1n) is 21.3. The van der Waals surface area contributed by atoms with Crippen molar-refractivity contribution < 1.29 is 52.7 Å². The molecular formula is C52H38F12S4. The Morgan fingerprint density at radius 3 is 1.01 bits per heavy atom. The summed E-state index contributed by atoms with van der Waals surface area (Å²) in [6.07, 6.45) is 0. The van der Waals surface area contributed by atoms with E-state index in [1.54, 1.807) is 98.8 Å². The van der Waals surface area contributed by atoms with Gasteiger partial charge in [0, 0.05) is 62.7 Å². The van der Waals surface area contributed by atoms with E-state index in [4.69, 9.17) is 0 Å². The maximum absolute atomic E-state index is 16.3. The van der Waals surface area contributed by atoms with Crippen molar-refractivity contribution in [2.45, 2.75) is 100 Å². The van der Waals surface area contributed by atoms with Crippen LogP contribution in [0.15, 0.2) is 118 Å². The Labute approximate surface area is 400 Å². The zero-order chi connectivity index (χ0) is 49.4. The van der Waals surface area contributed by atoms with Crippen LogP contribution >= 0.6 is 46.2 Å². The Balaban J connectivity index is 1.10. The van der Waals surface area contributed by atoms with Gasteiger partial charge in [0.2, 0.25) is 0 Å². The van der Waals surface area contributed by atoms with Crippen molar-refractivity contribution in [1.29, 1.82) is 0 Å². The van der Waals surface area contributed by atoms with E-state index in [-0.39, 0.29) is 48.7 Å². The minimum atomic E-state index is -5.78. The summed E-state index contributed by atoms with van der Waals surface area (Å²) in [4.78, 5) is 1.87. The minimum Gasteiger partial charge on any atom is -0.194 e. The first kappa shape index (κ1) is 47.3. The van der Waals surface area contributed by atoms with Crippen molar-refractivity contribution in [3.8, 4) is 20.9 Å². The first-order chi connectivity index (χ1) is 31.5. The van der Waals surface area contributed by atoms with Crippen LogP contribution in [0, 0.1) is 27.7 Å². The highest BCUT2D eigenvalue weighted by Gasteiger charge is 2.85. The van der Waals surface area contributed by atoms with Gasteiger partial charge in [0.1, 0.15) is 0 Å². The Hall–Kier alpha value is -4.38. The number of thiophene rings is 2. The third-order valence-electron chi connectivity index (χ3n) is 14.4. The van der Waals surface area contributed by atoms with E-state index < -0.39 is 72.9 Å². The summed E-state index contributed by atoms with van der Waals surface area (Å²) in [7, 11) is 0. The van der Waals surface area contributed by atoms with Crippen molar-refractivity contribution in [3.05, 3.63) is 162 Å². The second kappa shape index (κ2) is 14.6. The fourth-order valence-corrected chi connectivity index (χ4v) is 16.7. The molecule has 0 radical (unpaired) electrons. The van der Waals surface area contributed by atoms with Crippen LogP contribution in [0.2, 0.25) is 0 Å². The number of halogens is 12. The van der Waals surface area contributed by atoms with Gasteiger partial charge in [0.25, 0.3) is 0 Å². The van der Waals surface area contributed by atoms with Gasteiger partial charge in [-0.2, -0.15) is 52.7 Å². The molecular weight excluding hydrogens is 981 g/mol. The lowest BCUT2D eigenvalue weighted by Gasteiger charge is -2.48. The summed E-state index contributed by atoms with van der Waals surface area (Å²) >= 11 is 4.25. The average molecular weight is 1020 g/mol. The second-order valence-electron chi connectivity index (χ2n) is 18.2. The molecule has 10 rings (SSSR count). The molecule has 0 amide bonds. The Kier molecular flexibility index (Phi) is 10.2. The van der Waals surface area contributed by atoms with Gasteiger partial charge < -0.3 is 0 Å². The van der Waals surface area contributed by atoms with Crippen LogP contribution in [0.1, 0.15) is 70.8 Å². The number of aryl methyl sites for hydroxylation is 2. The molecule has 2 atom stereocenters. The highest BCUT2D eigenvalue weighted by molar-refractivity contribution is 8.14. The number of allylic oxidation sites excluding steroid dienone is 6. The molecule has 2 aliphatic heterocycles. The zero-order valence-electron chi connectivity index (χ0n) is 37.3. The maximum Gasteiger partial charge on any atom is 0.380 e. The second-order valence-corrected chi connectivity index (χ2v) is 23.5. The molecule has 5 aliphatic rings. The van der Waals surface area contributed by atoms with Gasteiger partial charge in [-0.05, 0) is 111 Å². The van der Waals surface area contributed by atoms with Crippen LogP contribution in [-0.2, 0) is 0 Å². The lowest BCUT2D eigenvalue weighted by atomic mass is 9.68. The van der Waals surface area contributed by atoms with Crippen molar-refractivity contribution in [2.75, 3.05) is 0 Å². The fraction of sp³-hybridized carbons (Fsp3) is 0.308. The molecule has 3 aliphatic carbocycles. The SMILES string of the molecule is CC1=C(c2ccccc2)SC2(C)C1=C1C(=C3C(C)=C(c4ccc(-c5sc(C)c(C6=C(c7c(C)sc(-c8ccccc8)c7C)C(F)(F)C(F)(F)C6(F)F)c5C)cc4)SC32C)C(F)(F)C(F)(F)C1(F)F. The third-order valence-corrected chi connectivity index (χ3v) is 20.5.